The molecule has 1 amide bonds. The van der Waals surface area contributed by atoms with E-state index in [9.17, 15) is 4.79 Å². The summed E-state index contributed by atoms with van der Waals surface area (Å²) < 4.78 is 0. The fraction of sp³-hybridized carbons (Fsp3) is 0.375. The van der Waals surface area contributed by atoms with Crippen LogP contribution in [0.1, 0.15) is 27.5 Å². The van der Waals surface area contributed by atoms with Gasteiger partial charge >= 0.3 is 0 Å². The lowest BCUT2D eigenvalue weighted by molar-refractivity contribution is 0.0782. The first-order chi connectivity index (χ1) is 10.3. The van der Waals surface area contributed by atoms with E-state index in [1.165, 1.54) is 16.9 Å². The van der Waals surface area contributed by atoms with Crippen LogP contribution in [0.25, 0.3) is 0 Å². The Balaban J connectivity index is 0.00000176. The number of aromatic nitrogens is 1. The third-order valence-corrected chi connectivity index (χ3v) is 4.76. The lowest BCUT2D eigenvalue weighted by Gasteiger charge is -2.15. The molecule has 1 aliphatic rings. The van der Waals surface area contributed by atoms with Crippen LogP contribution in [0.3, 0.4) is 0 Å². The second kappa shape index (κ2) is 7.72. The number of thiazole rings is 1. The van der Waals surface area contributed by atoms with Gasteiger partial charge in [-0.15, -0.1) is 23.7 Å². The Labute approximate surface area is 140 Å². The molecule has 0 bridgehead atoms. The van der Waals surface area contributed by atoms with E-state index in [0.717, 1.165) is 30.9 Å². The second-order valence-electron chi connectivity index (χ2n) is 5.43. The number of benzene rings is 1. The largest absolute Gasteiger partial charge is 0.337 e. The number of hydrogen-bond donors (Lipinski definition) is 1. The molecule has 118 valence electrons. The maximum Gasteiger partial charge on any atom is 0.273 e. The number of carbonyl (C=O) groups is 1. The van der Waals surface area contributed by atoms with Crippen molar-refractivity contribution in [3.63, 3.8) is 0 Å². The molecule has 1 fully saturated rings. The Kier molecular flexibility index (Phi) is 5.94. The van der Waals surface area contributed by atoms with Gasteiger partial charge in [0, 0.05) is 25.0 Å². The zero-order valence-corrected chi connectivity index (χ0v) is 13.9. The highest BCUT2D eigenvalue weighted by Gasteiger charge is 2.28. The van der Waals surface area contributed by atoms with Crippen molar-refractivity contribution in [1.29, 1.82) is 0 Å². The van der Waals surface area contributed by atoms with Crippen molar-refractivity contribution in [3.8, 4) is 0 Å². The average Bonchev–Trinajstić information content (AvgIpc) is 3.16. The lowest BCUT2D eigenvalue weighted by Crippen LogP contribution is -2.29. The van der Waals surface area contributed by atoms with Gasteiger partial charge in [-0.3, -0.25) is 4.79 Å². The number of nitrogens with zero attached hydrogens (tertiary/aromatic N) is 2. The van der Waals surface area contributed by atoms with Gasteiger partial charge in [-0.05, 0) is 24.3 Å². The van der Waals surface area contributed by atoms with E-state index >= 15 is 0 Å². The first-order valence-corrected chi connectivity index (χ1v) is 8.12. The zero-order chi connectivity index (χ0) is 14.7. The van der Waals surface area contributed by atoms with Crippen LogP contribution in [0.5, 0.6) is 0 Å². The average molecular weight is 338 g/mol. The Bertz CT molecular complexity index is 617. The molecule has 0 saturated carbocycles. The van der Waals surface area contributed by atoms with Gasteiger partial charge < -0.3 is 10.6 Å². The van der Waals surface area contributed by atoms with Gasteiger partial charge in [0.15, 0.2) is 0 Å². The topological polar surface area (TPSA) is 59.2 Å². The van der Waals surface area contributed by atoms with E-state index in [1.54, 1.807) is 0 Å². The van der Waals surface area contributed by atoms with E-state index in [0.29, 0.717) is 18.2 Å². The molecule has 1 aliphatic heterocycles. The SMILES string of the molecule is Cl.NCc1nc(C(=O)N2CCC(Cc3ccccc3)C2)cs1. The van der Waals surface area contributed by atoms with Crippen molar-refractivity contribution in [2.75, 3.05) is 13.1 Å². The first kappa shape index (κ1) is 16.9. The molecule has 2 heterocycles. The number of nitrogens with two attached hydrogens (primary N) is 1. The van der Waals surface area contributed by atoms with Gasteiger partial charge in [0.1, 0.15) is 10.7 Å². The Morgan fingerprint density at radius 2 is 2.14 bits per heavy atom. The van der Waals surface area contributed by atoms with Gasteiger partial charge in [-0.25, -0.2) is 4.98 Å². The maximum absolute atomic E-state index is 12.4. The Morgan fingerprint density at radius 1 is 1.36 bits per heavy atom. The van der Waals surface area contributed by atoms with Crippen molar-refractivity contribution in [3.05, 3.63) is 52.0 Å². The summed E-state index contributed by atoms with van der Waals surface area (Å²) in [4.78, 5) is 18.6. The highest BCUT2D eigenvalue weighted by Crippen LogP contribution is 2.23. The smallest absolute Gasteiger partial charge is 0.273 e. The summed E-state index contributed by atoms with van der Waals surface area (Å²) >= 11 is 1.46. The maximum atomic E-state index is 12.4. The minimum Gasteiger partial charge on any atom is -0.337 e. The number of carbonyl (C=O) groups excluding carboxylic acids is 1. The summed E-state index contributed by atoms with van der Waals surface area (Å²) in [6, 6.07) is 10.5. The normalized spacial score (nSPS) is 17.3. The zero-order valence-electron chi connectivity index (χ0n) is 12.3. The lowest BCUT2D eigenvalue weighted by atomic mass is 9.99. The molecule has 2 aromatic rings. The van der Waals surface area contributed by atoms with Crippen molar-refractivity contribution in [2.24, 2.45) is 11.7 Å². The molecule has 1 unspecified atom stereocenters. The predicted octanol–water partition coefficient (Wildman–Crippen LogP) is 2.73. The highest BCUT2D eigenvalue weighted by atomic mass is 35.5. The summed E-state index contributed by atoms with van der Waals surface area (Å²) in [5.41, 5.74) is 7.43. The van der Waals surface area contributed by atoms with Crippen molar-refractivity contribution >= 4 is 29.7 Å². The van der Waals surface area contributed by atoms with Crippen LogP contribution in [0.15, 0.2) is 35.7 Å². The second-order valence-corrected chi connectivity index (χ2v) is 6.37. The van der Waals surface area contributed by atoms with E-state index in [1.807, 2.05) is 16.3 Å². The highest BCUT2D eigenvalue weighted by molar-refractivity contribution is 7.09. The summed E-state index contributed by atoms with van der Waals surface area (Å²) in [6.45, 7) is 2.05. The number of hydrogen-bond acceptors (Lipinski definition) is 4. The van der Waals surface area contributed by atoms with Gasteiger partial charge in [0.2, 0.25) is 0 Å². The van der Waals surface area contributed by atoms with Gasteiger partial charge in [-0.2, -0.15) is 0 Å². The molecular weight excluding hydrogens is 318 g/mol. The molecule has 3 rings (SSSR count). The van der Waals surface area contributed by atoms with Crippen LogP contribution in [0, 0.1) is 5.92 Å². The van der Waals surface area contributed by atoms with E-state index in [4.69, 9.17) is 5.73 Å². The molecule has 4 nitrogen and oxygen atoms in total. The standard InChI is InChI=1S/C16H19N3OS.ClH/c17-9-15-18-14(11-21-15)16(20)19-7-6-13(10-19)8-12-4-2-1-3-5-12;/h1-5,11,13H,6-10,17H2;1H. The summed E-state index contributed by atoms with van der Waals surface area (Å²) in [5, 5.41) is 2.63. The Hall–Kier alpha value is -1.43. The molecule has 1 saturated heterocycles. The summed E-state index contributed by atoms with van der Waals surface area (Å²) in [5.74, 6) is 0.588. The monoisotopic (exact) mass is 337 g/mol. The number of likely N-dealkylation sites (tertiary alicyclic amines) is 1. The number of halogens is 1. The van der Waals surface area contributed by atoms with Crippen LogP contribution in [-0.2, 0) is 13.0 Å². The number of rotatable bonds is 4. The molecule has 1 aromatic heterocycles. The van der Waals surface area contributed by atoms with Crippen molar-refractivity contribution in [1.82, 2.24) is 9.88 Å². The minimum atomic E-state index is 0. The van der Waals surface area contributed by atoms with Crippen LogP contribution in [0.2, 0.25) is 0 Å². The molecule has 0 aliphatic carbocycles. The molecule has 1 aromatic carbocycles. The van der Waals surface area contributed by atoms with Gasteiger partial charge in [0.25, 0.3) is 5.91 Å². The molecule has 22 heavy (non-hydrogen) atoms. The first-order valence-electron chi connectivity index (χ1n) is 7.24. The quantitative estimate of drug-likeness (QED) is 0.933. The Morgan fingerprint density at radius 3 is 2.82 bits per heavy atom. The van der Waals surface area contributed by atoms with Crippen molar-refractivity contribution in [2.45, 2.75) is 19.4 Å². The fourth-order valence-corrected chi connectivity index (χ4v) is 3.44. The molecule has 2 N–H and O–H groups in total. The van der Waals surface area contributed by atoms with Crippen LogP contribution in [0.4, 0.5) is 0 Å². The van der Waals surface area contributed by atoms with Crippen LogP contribution in [-0.4, -0.2) is 28.9 Å². The van der Waals surface area contributed by atoms with Crippen LogP contribution >= 0.6 is 23.7 Å². The number of amides is 1. The third-order valence-electron chi connectivity index (χ3n) is 3.89. The van der Waals surface area contributed by atoms with Crippen molar-refractivity contribution < 1.29 is 4.79 Å². The predicted molar refractivity (Wildman–Crippen MR) is 91.4 cm³/mol. The fourth-order valence-electron chi connectivity index (χ4n) is 2.80. The van der Waals surface area contributed by atoms with Gasteiger partial charge in [0.05, 0.1) is 0 Å². The van der Waals surface area contributed by atoms with Gasteiger partial charge in [-0.1, -0.05) is 30.3 Å². The van der Waals surface area contributed by atoms with Crippen LogP contribution < -0.4 is 5.73 Å². The summed E-state index contributed by atoms with van der Waals surface area (Å²) in [7, 11) is 0. The van der Waals surface area contributed by atoms with E-state index in [-0.39, 0.29) is 18.3 Å². The third kappa shape index (κ3) is 3.85. The molecule has 0 spiro atoms. The molecule has 6 heteroatoms. The summed E-state index contributed by atoms with van der Waals surface area (Å²) in [6.07, 6.45) is 2.10. The minimum absolute atomic E-state index is 0. The van der Waals surface area contributed by atoms with E-state index in [2.05, 4.69) is 29.2 Å². The molecule has 1 atom stereocenters. The van der Waals surface area contributed by atoms with E-state index < -0.39 is 0 Å². The molecule has 0 radical (unpaired) electrons. The molecular formula is C16H20ClN3OS.